The Morgan fingerprint density at radius 2 is 1.79 bits per heavy atom. The minimum Gasteiger partial charge on any atom is -0.494 e. The zero-order chi connectivity index (χ0) is 20.2. The van der Waals surface area contributed by atoms with Crippen LogP contribution in [-0.2, 0) is 6.42 Å². The number of ether oxygens (including phenoxy) is 1. The number of carbonyl (C=O) groups is 1. The quantitative estimate of drug-likeness (QED) is 0.569. The van der Waals surface area contributed by atoms with Gasteiger partial charge < -0.3 is 9.64 Å². The Balaban J connectivity index is 1.16. The van der Waals surface area contributed by atoms with Crippen LogP contribution in [0.25, 0.3) is 0 Å². The maximum absolute atomic E-state index is 11.8. The number of fused-ring (bicyclic) bond motifs is 1. The third kappa shape index (κ3) is 4.88. The summed E-state index contributed by atoms with van der Waals surface area (Å²) in [5.74, 6) is 1.05. The third-order valence-electron chi connectivity index (χ3n) is 5.78. The van der Waals surface area contributed by atoms with Crippen LogP contribution >= 0.6 is 23.2 Å². The molecule has 0 saturated carbocycles. The SMILES string of the molecule is O=C1CCc2ccc(OCCCCN3CCN(c4cccc(Cl)c4Cl)CC3)cc21. The molecule has 1 saturated heterocycles. The Labute approximate surface area is 182 Å². The molecule has 0 spiro atoms. The highest BCUT2D eigenvalue weighted by atomic mass is 35.5. The lowest BCUT2D eigenvalue weighted by Gasteiger charge is -2.36. The van der Waals surface area contributed by atoms with Gasteiger partial charge in [0, 0.05) is 38.2 Å². The topological polar surface area (TPSA) is 32.8 Å². The van der Waals surface area contributed by atoms with E-state index < -0.39 is 0 Å². The standard InChI is InChI=1S/C23H26Cl2N2O2/c24-20-4-3-5-21(23(20)25)27-13-11-26(12-14-27)10-1-2-15-29-18-8-6-17-7-9-22(28)19(17)16-18/h3-6,8,16H,1-2,7,9-15H2. The van der Waals surface area contributed by atoms with Gasteiger partial charge in [-0.15, -0.1) is 0 Å². The summed E-state index contributed by atoms with van der Waals surface area (Å²) in [6.45, 7) is 5.72. The highest BCUT2D eigenvalue weighted by molar-refractivity contribution is 6.43. The number of hydrogen-bond donors (Lipinski definition) is 0. The van der Waals surface area contributed by atoms with Crippen molar-refractivity contribution in [3.05, 3.63) is 57.6 Å². The number of ketones is 1. The minimum atomic E-state index is 0.239. The van der Waals surface area contributed by atoms with Crippen LogP contribution in [0.4, 0.5) is 5.69 Å². The van der Waals surface area contributed by atoms with Gasteiger partial charge in [-0.25, -0.2) is 0 Å². The van der Waals surface area contributed by atoms with Gasteiger partial charge in [0.1, 0.15) is 5.75 Å². The van der Waals surface area contributed by atoms with Crippen LogP contribution in [0.3, 0.4) is 0 Å². The van der Waals surface area contributed by atoms with E-state index in [1.54, 1.807) is 0 Å². The monoisotopic (exact) mass is 432 g/mol. The summed E-state index contributed by atoms with van der Waals surface area (Å²) in [6, 6.07) is 11.7. The van der Waals surface area contributed by atoms with Gasteiger partial charge >= 0.3 is 0 Å². The molecular weight excluding hydrogens is 407 g/mol. The fourth-order valence-corrected chi connectivity index (χ4v) is 4.50. The fourth-order valence-electron chi connectivity index (χ4n) is 4.08. The molecule has 6 heteroatoms. The summed E-state index contributed by atoms with van der Waals surface area (Å²) in [6.07, 6.45) is 3.61. The first-order valence-electron chi connectivity index (χ1n) is 10.3. The number of aryl methyl sites for hydroxylation is 1. The molecule has 4 rings (SSSR count). The van der Waals surface area contributed by atoms with E-state index in [4.69, 9.17) is 27.9 Å². The first-order chi connectivity index (χ1) is 14.1. The lowest BCUT2D eigenvalue weighted by Crippen LogP contribution is -2.46. The van der Waals surface area contributed by atoms with Crippen LogP contribution in [0.1, 0.15) is 35.2 Å². The molecule has 0 unspecified atom stereocenters. The van der Waals surface area contributed by atoms with Crippen molar-refractivity contribution in [2.75, 3.05) is 44.2 Å². The van der Waals surface area contributed by atoms with Crippen LogP contribution in [0.5, 0.6) is 5.75 Å². The van der Waals surface area contributed by atoms with Crippen molar-refractivity contribution in [2.45, 2.75) is 25.7 Å². The molecule has 0 bridgehead atoms. The minimum absolute atomic E-state index is 0.239. The number of nitrogens with zero attached hydrogens (tertiary/aromatic N) is 2. The van der Waals surface area contributed by atoms with E-state index >= 15 is 0 Å². The zero-order valence-electron chi connectivity index (χ0n) is 16.5. The molecule has 29 heavy (non-hydrogen) atoms. The summed E-state index contributed by atoms with van der Waals surface area (Å²) in [5.41, 5.74) is 3.03. The molecule has 154 valence electrons. The molecule has 1 fully saturated rings. The Kier molecular flexibility index (Phi) is 6.63. The zero-order valence-corrected chi connectivity index (χ0v) is 18.0. The Bertz CT molecular complexity index is 879. The number of piperazine rings is 1. The van der Waals surface area contributed by atoms with Crippen molar-refractivity contribution < 1.29 is 9.53 Å². The average molecular weight is 433 g/mol. The molecule has 2 aromatic rings. The third-order valence-corrected chi connectivity index (χ3v) is 6.59. The van der Waals surface area contributed by atoms with Gasteiger partial charge in [-0.3, -0.25) is 9.69 Å². The van der Waals surface area contributed by atoms with Gasteiger partial charge in [-0.1, -0.05) is 35.3 Å². The molecule has 1 heterocycles. The van der Waals surface area contributed by atoms with Crippen molar-refractivity contribution in [2.24, 2.45) is 0 Å². The predicted octanol–water partition coefficient (Wildman–Crippen LogP) is 5.10. The molecule has 0 amide bonds. The van der Waals surface area contributed by atoms with E-state index in [2.05, 4.69) is 9.80 Å². The molecule has 2 aliphatic rings. The molecular formula is C23H26Cl2N2O2. The Hall–Kier alpha value is -1.75. The van der Waals surface area contributed by atoms with Crippen LogP contribution < -0.4 is 9.64 Å². The number of Topliss-reactive ketones (excluding diaryl/α,β-unsaturated/α-hetero) is 1. The van der Waals surface area contributed by atoms with Gasteiger partial charge in [0.25, 0.3) is 0 Å². The normalized spacial score (nSPS) is 16.9. The van der Waals surface area contributed by atoms with E-state index in [1.165, 1.54) is 0 Å². The van der Waals surface area contributed by atoms with Crippen molar-refractivity contribution >= 4 is 34.7 Å². The van der Waals surface area contributed by atoms with E-state index in [0.717, 1.165) is 74.6 Å². The number of anilines is 1. The van der Waals surface area contributed by atoms with Gasteiger partial charge in [0.2, 0.25) is 0 Å². The maximum Gasteiger partial charge on any atom is 0.163 e. The van der Waals surface area contributed by atoms with Crippen molar-refractivity contribution in [3.63, 3.8) is 0 Å². The lowest BCUT2D eigenvalue weighted by atomic mass is 10.1. The summed E-state index contributed by atoms with van der Waals surface area (Å²) in [5, 5.41) is 1.26. The molecule has 4 nitrogen and oxygen atoms in total. The summed E-state index contributed by atoms with van der Waals surface area (Å²) in [7, 11) is 0. The molecule has 0 radical (unpaired) electrons. The molecule has 0 aromatic heterocycles. The highest BCUT2D eigenvalue weighted by Gasteiger charge is 2.20. The fraction of sp³-hybridized carbons (Fsp3) is 0.435. The average Bonchev–Trinajstić information content (AvgIpc) is 3.11. The summed E-state index contributed by atoms with van der Waals surface area (Å²) in [4.78, 5) is 16.6. The number of hydrogen-bond acceptors (Lipinski definition) is 4. The van der Waals surface area contributed by atoms with Gasteiger partial charge in [-0.2, -0.15) is 0 Å². The van der Waals surface area contributed by atoms with Gasteiger partial charge in [0.05, 0.1) is 22.3 Å². The largest absolute Gasteiger partial charge is 0.494 e. The maximum atomic E-state index is 11.8. The second-order valence-corrected chi connectivity index (χ2v) is 8.48. The van der Waals surface area contributed by atoms with Gasteiger partial charge in [-0.05, 0) is 55.6 Å². The van der Waals surface area contributed by atoms with Crippen molar-refractivity contribution in [3.8, 4) is 5.75 Å². The molecule has 0 atom stereocenters. The molecule has 1 aliphatic carbocycles. The smallest absolute Gasteiger partial charge is 0.163 e. The summed E-state index contributed by atoms with van der Waals surface area (Å²) < 4.78 is 5.86. The first-order valence-corrected chi connectivity index (χ1v) is 11.1. The number of benzene rings is 2. The second kappa shape index (κ2) is 9.38. The lowest BCUT2D eigenvalue weighted by molar-refractivity contribution is 0.0994. The van der Waals surface area contributed by atoms with Crippen molar-refractivity contribution in [1.29, 1.82) is 0 Å². The Morgan fingerprint density at radius 1 is 0.966 bits per heavy atom. The van der Waals surface area contributed by atoms with E-state index in [0.29, 0.717) is 23.1 Å². The van der Waals surface area contributed by atoms with E-state index in [9.17, 15) is 4.79 Å². The van der Waals surface area contributed by atoms with Gasteiger partial charge in [0.15, 0.2) is 5.78 Å². The number of rotatable bonds is 7. The van der Waals surface area contributed by atoms with Crippen molar-refractivity contribution in [1.82, 2.24) is 4.90 Å². The van der Waals surface area contributed by atoms with E-state index in [1.807, 2.05) is 36.4 Å². The van der Waals surface area contributed by atoms with E-state index in [-0.39, 0.29) is 5.78 Å². The Morgan fingerprint density at radius 3 is 2.62 bits per heavy atom. The van der Waals surface area contributed by atoms with Crippen LogP contribution in [0.2, 0.25) is 10.0 Å². The number of unbranched alkanes of at least 4 members (excludes halogenated alkanes) is 1. The number of carbonyl (C=O) groups excluding carboxylic acids is 1. The van der Waals surface area contributed by atoms with Crippen LogP contribution in [0.15, 0.2) is 36.4 Å². The number of halogens is 2. The second-order valence-electron chi connectivity index (χ2n) is 7.70. The molecule has 1 aliphatic heterocycles. The predicted molar refractivity (Wildman–Crippen MR) is 119 cm³/mol. The molecule has 0 N–H and O–H groups in total. The summed E-state index contributed by atoms with van der Waals surface area (Å²) >= 11 is 12.5. The van der Waals surface area contributed by atoms with Crippen LogP contribution in [-0.4, -0.2) is 50.0 Å². The first kappa shape index (κ1) is 20.5. The van der Waals surface area contributed by atoms with Crippen LogP contribution in [0, 0.1) is 0 Å². The highest BCUT2D eigenvalue weighted by Crippen LogP contribution is 2.33. The molecule has 2 aromatic carbocycles.